The molecule has 23 heavy (non-hydrogen) atoms. The number of nitriles is 1. The van der Waals surface area contributed by atoms with E-state index in [1.54, 1.807) is 0 Å². The van der Waals surface area contributed by atoms with Gasteiger partial charge in [-0.2, -0.15) is 5.26 Å². The predicted octanol–water partition coefficient (Wildman–Crippen LogP) is 2.95. The lowest BCUT2D eigenvalue weighted by Crippen LogP contribution is -2.59. The second-order valence-electron chi connectivity index (χ2n) is 8.68. The number of allylic oxidation sites excluding steroid dienone is 1. The summed E-state index contributed by atoms with van der Waals surface area (Å²) in [5.74, 6) is 0.582. The SMILES string of the molecule is CCC(C)(COC(C)(C)C12CC1(N)NCC[C@H]2C)C1=C[C@@H]1C#N. The maximum atomic E-state index is 9.12. The molecule has 3 N–H and O–H groups in total. The van der Waals surface area contributed by atoms with Crippen LogP contribution in [0.25, 0.3) is 0 Å². The number of nitrogens with zero attached hydrogens (tertiary/aromatic N) is 1. The lowest BCUT2D eigenvalue weighted by Gasteiger charge is -2.46. The average molecular weight is 317 g/mol. The summed E-state index contributed by atoms with van der Waals surface area (Å²) in [5, 5.41) is 12.6. The summed E-state index contributed by atoms with van der Waals surface area (Å²) in [4.78, 5) is 0. The van der Waals surface area contributed by atoms with E-state index >= 15 is 0 Å². The zero-order chi connectivity index (χ0) is 17.1. The highest BCUT2D eigenvalue weighted by Crippen LogP contribution is 2.67. The molecule has 1 heterocycles. The molecule has 1 saturated heterocycles. The van der Waals surface area contributed by atoms with Gasteiger partial charge < -0.3 is 10.5 Å². The lowest BCUT2D eigenvalue weighted by molar-refractivity contribution is -0.124. The van der Waals surface area contributed by atoms with Crippen LogP contribution in [-0.2, 0) is 4.74 Å². The molecule has 0 amide bonds. The summed E-state index contributed by atoms with van der Waals surface area (Å²) >= 11 is 0. The molecule has 0 aromatic rings. The van der Waals surface area contributed by atoms with Gasteiger partial charge in [-0.1, -0.05) is 26.8 Å². The first-order valence-corrected chi connectivity index (χ1v) is 8.95. The van der Waals surface area contributed by atoms with Crippen molar-refractivity contribution >= 4 is 0 Å². The van der Waals surface area contributed by atoms with Gasteiger partial charge in [-0.3, -0.25) is 5.32 Å². The third kappa shape index (κ3) is 2.28. The number of hydrogen-bond acceptors (Lipinski definition) is 4. The molecule has 4 heteroatoms. The molecule has 0 aromatic carbocycles. The second-order valence-corrected chi connectivity index (χ2v) is 8.68. The molecular weight excluding hydrogens is 286 g/mol. The monoisotopic (exact) mass is 317 g/mol. The molecule has 3 rings (SSSR count). The molecule has 4 nitrogen and oxygen atoms in total. The van der Waals surface area contributed by atoms with Gasteiger partial charge in [0.15, 0.2) is 0 Å². The highest BCUT2D eigenvalue weighted by atomic mass is 16.5. The Morgan fingerprint density at radius 1 is 1.48 bits per heavy atom. The van der Waals surface area contributed by atoms with Crippen LogP contribution in [0.1, 0.15) is 53.9 Å². The molecule has 128 valence electrons. The Kier molecular flexibility index (Phi) is 3.72. The van der Waals surface area contributed by atoms with Crippen LogP contribution < -0.4 is 11.1 Å². The molecular formula is C19H31N3O. The van der Waals surface area contributed by atoms with Gasteiger partial charge in [0, 0.05) is 10.8 Å². The first-order valence-electron chi connectivity index (χ1n) is 8.95. The van der Waals surface area contributed by atoms with E-state index < -0.39 is 0 Å². The minimum Gasteiger partial charge on any atom is -0.374 e. The maximum absolute atomic E-state index is 9.12. The van der Waals surface area contributed by atoms with Gasteiger partial charge in [-0.05, 0) is 51.1 Å². The van der Waals surface area contributed by atoms with Crippen LogP contribution in [0.2, 0.25) is 0 Å². The molecule has 2 fully saturated rings. The van der Waals surface area contributed by atoms with Crippen LogP contribution in [0.4, 0.5) is 0 Å². The summed E-state index contributed by atoms with van der Waals surface area (Å²) in [6.07, 6.45) is 5.20. The van der Waals surface area contributed by atoms with Crippen LogP contribution in [0.5, 0.6) is 0 Å². The number of fused-ring (bicyclic) bond motifs is 1. The number of nitrogens with two attached hydrogens (primary N) is 1. The zero-order valence-corrected chi connectivity index (χ0v) is 15.2. The van der Waals surface area contributed by atoms with Gasteiger partial charge in [-0.25, -0.2) is 0 Å². The van der Waals surface area contributed by atoms with Gasteiger partial charge in [0.05, 0.1) is 29.9 Å². The van der Waals surface area contributed by atoms with E-state index in [0.717, 1.165) is 25.8 Å². The molecule has 2 aliphatic carbocycles. The van der Waals surface area contributed by atoms with E-state index in [9.17, 15) is 0 Å². The van der Waals surface area contributed by atoms with Crippen molar-refractivity contribution in [3.05, 3.63) is 11.6 Å². The van der Waals surface area contributed by atoms with Crippen LogP contribution >= 0.6 is 0 Å². The number of rotatable bonds is 6. The fourth-order valence-corrected chi connectivity index (χ4v) is 5.00. The highest BCUT2D eigenvalue weighted by Gasteiger charge is 2.75. The molecule has 1 aliphatic heterocycles. The van der Waals surface area contributed by atoms with Crippen molar-refractivity contribution in [3.8, 4) is 6.07 Å². The average Bonchev–Trinajstić information content (AvgIpc) is 3.38. The van der Waals surface area contributed by atoms with E-state index in [-0.39, 0.29) is 28.0 Å². The minimum absolute atomic E-state index is 0.0134. The summed E-state index contributed by atoms with van der Waals surface area (Å²) in [6.45, 7) is 12.8. The third-order valence-corrected chi connectivity index (χ3v) is 7.10. The first kappa shape index (κ1) is 17.0. The van der Waals surface area contributed by atoms with Crippen molar-refractivity contribution in [2.75, 3.05) is 13.2 Å². The van der Waals surface area contributed by atoms with Crippen LogP contribution in [-0.4, -0.2) is 24.4 Å². The molecule has 0 aromatic heterocycles. The van der Waals surface area contributed by atoms with Crippen LogP contribution in [0.3, 0.4) is 0 Å². The molecule has 3 aliphatic rings. The molecule has 1 saturated carbocycles. The lowest BCUT2D eigenvalue weighted by atomic mass is 9.72. The highest BCUT2D eigenvalue weighted by molar-refractivity contribution is 5.41. The molecule has 0 radical (unpaired) electrons. The van der Waals surface area contributed by atoms with E-state index in [1.165, 1.54) is 5.57 Å². The molecule has 0 spiro atoms. The number of ether oxygens (including phenoxy) is 1. The van der Waals surface area contributed by atoms with E-state index in [4.69, 9.17) is 15.7 Å². The van der Waals surface area contributed by atoms with Crippen molar-refractivity contribution in [2.24, 2.45) is 28.4 Å². The Morgan fingerprint density at radius 3 is 2.70 bits per heavy atom. The fraction of sp³-hybridized carbons (Fsp3) is 0.842. The summed E-state index contributed by atoms with van der Waals surface area (Å²) in [5.41, 5.74) is 7.29. The largest absolute Gasteiger partial charge is 0.374 e. The summed E-state index contributed by atoms with van der Waals surface area (Å²) < 4.78 is 6.53. The van der Waals surface area contributed by atoms with Gasteiger partial charge in [0.2, 0.25) is 0 Å². The Bertz CT molecular complexity index is 578. The normalized spacial score (nSPS) is 41.3. The standard InChI is InChI=1S/C19H31N3O/c1-6-17(5,15-9-14(15)10-20)12-23-16(3,4)18-11-19(18,21)22-8-7-13(18)2/h9,13-14,22H,6-8,11-12,21H2,1-5H3/t13-,14-,17?,18?,19?/m1/s1. The number of nitrogens with one attached hydrogen (secondary N) is 1. The van der Waals surface area contributed by atoms with Crippen LogP contribution in [0, 0.1) is 34.0 Å². The van der Waals surface area contributed by atoms with E-state index in [1.807, 2.05) is 0 Å². The maximum Gasteiger partial charge on any atom is 0.0863 e. The first-order chi connectivity index (χ1) is 10.7. The Hall–Kier alpha value is -0.890. The van der Waals surface area contributed by atoms with Gasteiger partial charge >= 0.3 is 0 Å². The van der Waals surface area contributed by atoms with E-state index in [2.05, 4.69) is 52.1 Å². The van der Waals surface area contributed by atoms with Crippen molar-refractivity contribution in [1.29, 1.82) is 5.26 Å². The van der Waals surface area contributed by atoms with Gasteiger partial charge in [-0.15, -0.1) is 0 Å². The van der Waals surface area contributed by atoms with Crippen LogP contribution in [0.15, 0.2) is 11.6 Å². The fourth-order valence-electron chi connectivity index (χ4n) is 5.00. The second kappa shape index (κ2) is 5.05. The van der Waals surface area contributed by atoms with Crippen molar-refractivity contribution in [3.63, 3.8) is 0 Å². The van der Waals surface area contributed by atoms with Crippen molar-refractivity contribution < 1.29 is 4.74 Å². The smallest absolute Gasteiger partial charge is 0.0863 e. The number of hydrogen-bond donors (Lipinski definition) is 2. The van der Waals surface area contributed by atoms with Gasteiger partial charge in [0.25, 0.3) is 0 Å². The van der Waals surface area contributed by atoms with Crippen molar-refractivity contribution in [1.82, 2.24) is 5.32 Å². The van der Waals surface area contributed by atoms with Crippen molar-refractivity contribution in [2.45, 2.75) is 65.1 Å². The predicted molar refractivity (Wildman–Crippen MR) is 91.4 cm³/mol. The Balaban J connectivity index is 1.72. The molecule has 0 bridgehead atoms. The summed E-state index contributed by atoms with van der Waals surface area (Å²) in [6, 6.07) is 2.34. The topological polar surface area (TPSA) is 71.1 Å². The molecule has 5 atom stereocenters. The van der Waals surface area contributed by atoms with E-state index in [0.29, 0.717) is 12.5 Å². The quantitative estimate of drug-likeness (QED) is 0.739. The Labute approximate surface area is 140 Å². The summed E-state index contributed by atoms with van der Waals surface area (Å²) in [7, 11) is 0. The Morgan fingerprint density at radius 2 is 2.17 bits per heavy atom. The van der Waals surface area contributed by atoms with Gasteiger partial charge in [0.1, 0.15) is 0 Å². The minimum atomic E-state index is -0.275. The number of piperidine rings is 1. The molecule has 3 unspecified atom stereocenters. The zero-order valence-electron chi connectivity index (χ0n) is 15.2. The third-order valence-electron chi connectivity index (χ3n) is 7.10.